The van der Waals surface area contributed by atoms with Crippen molar-refractivity contribution in [1.29, 1.82) is 0 Å². The number of carbonyl (C=O) groups is 1. The SMILES string of the molecule is CCc1ncc(C(=O)n2ccccc2=NC2CCCCC2)s1. The average Bonchev–Trinajstić information content (AvgIpc) is 3.05. The highest BCUT2D eigenvalue weighted by Gasteiger charge is 2.15. The van der Waals surface area contributed by atoms with Crippen LogP contribution >= 0.6 is 11.3 Å². The van der Waals surface area contributed by atoms with E-state index in [1.165, 1.54) is 30.6 Å². The molecule has 1 aliphatic carbocycles. The number of hydrogen-bond donors (Lipinski definition) is 0. The summed E-state index contributed by atoms with van der Waals surface area (Å²) in [6.07, 6.45) is 10.4. The second-order valence-electron chi connectivity index (χ2n) is 5.63. The molecule has 2 heterocycles. The van der Waals surface area contributed by atoms with Crippen LogP contribution in [0.5, 0.6) is 0 Å². The first-order chi connectivity index (χ1) is 10.8. The molecule has 0 aliphatic heterocycles. The highest BCUT2D eigenvalue weighted by atomic mass is 32.1. The minimum Gasteiger partial charge on any atom is -0.267 e. The predicted octanol–water partition coefficient (Wildman–Crippen LogP) is 3.43. The maximum atomic E-state index is 12.7. The normalized spacial score (nSPS) is 16.9. The molecule has 1 saturated carbocycles. The van der Waals surface area contributed by atoms with Gasteiger partial charge in [0.1, 0.15) is 10.4 Å². The molecule has 4 nitrogen and oxygen atoms in total. The van der Waals surface area contributed by atoms with E-state index in [0.717, 1.165) is 29.8 Å². The second-order valence-corrected chi connectivity index (χ2v) is 6.74. The maximum absolute atomic E-state index is 12.7. The lowest BCUT2D eigenvalue weighted by molar-refractivity contribution is 0.0958. The standard InChI is InChI=1S/C17H21N3OS/c1-2-16-18-12-14(22-16)17(21)20-11-7-6-10-15(20)19-13-8-4-3-5-9-13/h6-7,10-13H,2-5,8-9H2,1H3. The van der Waals surface area contributed by atoms with Crippen LogP contribution in [-0.2, 0) is 6.42 Å². The minimum atomic E-state index is -0.0349. The Balaban J connectivity index is 1.93. The molecule has 1 fully saturated rings. The molecule has 0 radical (unpaired) electrons. The summed E-state index contributed by atoms with van der Waals surface area (Å²) in [5.41, 5.74) is 0.755. The Kier molecular flexibility index (Phi) is 4.83. The summed E-state index contributed by atoms with van der Waals surface area (Å²) in [7, 11) is 0. The third kappa shape index (κ3) is 3.35. The van der Waals surface area contributed by atoms with Gasteiger partial charge in [0.15, 0.2) is 0 Å². The third-order valence-corrected chi connectivity index (χ3v) is 5.14. The number of thiazole rings is 1. The summed E-state index contributed by atoms with van der Waals surface area (Å²) in [6.45, 7) is 2.05. The molecular weight excluding hydrogens is 294 g/mol. The fourth-order valence-electron chi connectivity index (χ4n) is 2.80. The summed E-state index contributed by atoms with van der Waals surface area (Å²) in [5, 5.41) is 0.991. The van der Waals surface area contributed by atoms with Crippen LogP contribution in [0.25, 0.3) is 0 Å². The van der Waals surface area contributed by atoms with E-state index >= 15 is 0 Å². The molecule has 0 bridgehead atoms. The quantitative estimate of drug-likeness (QED) is 0.871. The molecule has 2 aromatic rings. The second kappa shape index (κ2) is 7.01. The number of hydrogen-bond acceptors (Lipinski definition) is 4. The number of aromatic nitrogens is 2. The number of nitrogens with zero attached hydrogens (tertiary/aromatic N) is 3. The summed E-state index contributed by atoms with van der Waals surface area (Å²) in [5.74, 6) is -0.0349. The van der Waals surface area contributed by atoms with E-state index in [0.29, 0.717) is 10.9 Å². The topological polar surface area (TPSA) is 47.2 Å². The molecule has 116 valence electrons. The lowest BCUT2D eigenvalue weighted by Crippen LogP contribution is -2.28. The van der Waals surface area contributed by atoms with Gasteiger partial charge in [0, 0.05) is 6.20 Å². The molecule has 0 amide bonds. The van der Waals surface area contributed by atoms with Crippen molar-refractivity contribution in [2.45, 2.75) is 51.5 Å². The first-order valence-corrected chi connectivity index (χ1v) is 8.80. The van der Waals surface area contributed by atoms with E-state index in [-0.39, 0.29) is 5.91 Å². The van der Waals surface area contributed by atoms with Gasteiger partial charge < -0.3 is 0 Å². The number of carbonyl (C=O) groups excluding carboxylic acids is 1. The van der Waals surface area contributed by atoms with Gasteiger partial charge in [-0.05, 0) is 31.4 Å². The van der Waals surface area contributed by atoms with Crippen molar-refractivity contribution in [3.63, 3.8) is 0 Å². The van der Waals surface area contributed by atoms with Crippen LogP contribution in [0.2, 0.25) is 0 Å². The van der Waals surface area contributed by atoms with Gasteiger partial charge >= 0.3 is 0 Å². The zero-order valence-corrected chi connectivity index (χ0v) is 13.7. The highest BCUT2D eigenvalue weighted by Crippen LogP contribution is 2.19. The summed E-state index contributed by atoms with van der Waals surface area (Å²) < 4.78 is 1.65. The molecule has 1 aliphatic rings. The Hall–Kier alpha value is -1.75. The Morgan fingerprint density at radius 3 is 2.91 bits per heavy atom. The largest absolute Gasteiger partial charge is 0.275 e. The molecule has 0 aromatic carbocycles. The van der Waals surface area contributed by atoms with E-state index in [2.05, 4.69) is 4.98 Å². The number of pyridine rings is 1. The van der Waals surface area contributed by atoms with Gasteiger partial charge in [-0.1, -0.05) is 32.3 Å². The fraction of sp³-hybridized carbons (Fsp3) is 0.471. The molecule has 3 rings (SSSR count). The number of rotatable bonds is 3. The fourth-order valence-corrected chi connectivity index (χ4v) is 3.59. The van der Waals surface area contributed by atoms with Crippen molar-refractivity contribution in [3.8, 4) is 0 Å². The Labute approximate surface area is 134 Å². The lowest BCUT2D eigenvalue weighted by atomic mass is 9.96. The molecule has 5 heteroatoms. The Bertz CT molecular complexity index is 710. The molecule has 0 N–H and O–H groups in total. The zero-order valence-electron chi connectivity index (χ0n) is 12.9. The van der Waals surface area contributed by atoms with Crippen LogP contribution in [0.3, 0.4) is 0 Å². The average molecular weight is 315 g/mol. The molecule has 0 saturated heterocycles. The van der Waals surface area contributed by atoms with Crippen molar-refractivity contribution < 1.29 is 4.79 Å². The van der Waals surface area contributed by atoms with Crippen LogP contribution < -0.4 is 5.49 Å². The first-order valence-electron chi connectivity index (χ1n) is 7.99. The van der Waals surface area contributed by atoms with Gasteiger partial charge in [0.2, 0.25) is 0 Å². The van der Waals surface area contributed by atoms with E-state index < -0.39 is 0 Å². The van der Waals surface area contributed by atoms with Crippen LogP contribution in [0, 0.1) is 0 Å². The van der Waals surface area contributed by atoms with Crippen LogP contribution in [0.15, 0.2) is 35.6 Å². The molecule has 2 aromatic heterocycles. The maximum Gasteiger partial charge on any atom is 0.275 e. The summed E-state index contributed by atoms with van der Waals surface area (Å²) in [6, 6.07) is 6.09. The van der Waals surface area contributed by atoms with Gasteiger partial charge in [0.25, 0.3) is 5.91 Å². The van der Waals surface area contributed by atoms with Gasteiger partial charge in [-0.15, -0.1) is 11.3 Å². The minimum absolute atomic E-state index is 0.0349. The third-order valence-electron chi connectivity index (χ3n) is 4.01. The Morgan fingerprint density at radius 1 is 1.36 bits per heavy atom. The van der Waals surface area contributed by atoms with E-state index in [9.17, 15) is 4.79 Å². The van der Waals surface area contributed by atoms with E-state index in [4.69, 9.17) is 4.99 Å². The van der Waals surface area contributed by atoms with Crippen molar-refractivity contribution in [1.82, 2.24) is 9.55 Å². The zero-order chi connectivity index (χ0) is 15.4. The lowest BCUT2D eigenvalue weighted by Gasteiger charge is -2.17. The summed E-state index contributed by atoms with van der Waals surface area (Å²) in [4.78, 5) is 22.5. The van der Waals surface area contributed by atoms with Crippen molar-refractivity contribution in [3.05, 3.63) is 46.0 Å². The molecule has 22 heavy (non-hydrogen) atoms. The molecule has 0 unspecified atom stereocenters. The van der Waals surface area contributed by atoms with Gasteiger partial charge in [-0.3, -0.25) is 14.4 Å². The predicted molar refractivity (Wildman–Crippen MR) is 88.1 cm³/mol. The van der Waals surface area contributed by atoms with E-state index in [1.54, 1.807) is 17.0 Å². The first kappa shape index (κ1) is 15.2. The van der Waals surface area contributed by atoms with Gasteiger partial charge in [-0.25, -0.2) is 4.98 Å². The van der Waals surface area contributed by atoms with Crippen LogP contribution in [-0.4, -0.2) is 21.5 Å². The molecular formula is C17H21N3OS. The monoisotopic (exact) mass is 315 g/mol. The van der Waals surface area contributed by atoms with Crippen LogP contribution in [0.4, 0.5) is 0 Å². The van der Waals surface area contributed by atoms with Crippen molar-refractivity contribution in [2.75, 3.05) is 0 Å². The Morgan fingerprint density at radius 2 is 2.18 bits per heavy atom. The smallest absolute Gasteiger partial charge is 0.267 e. The number of aryl methyl sites for hydroxylation is 1. The highest BCUT2D eigenvalue weighted by molar-refractivity contribution is 7.13. The van der Waals surface area contributed by atoms with Crippen LogP contribution in [0.1, 0.15) is 53.7 Å². The van der Waals surface area contributed by atoms with Crippen molar-refractivity contribution in [2.24, 2.45) is 4.99 Å². The van der Waals surface area contributed by atoms with Gasteiger partial charge in [-0.2, -0.15) is 0 Å². The van der Waals surface area contributed by atoms with E-state index in [1.807, 2.05) is 25.1 Å². The summed E-state index contributed by atoms with van der Waals surface area (Å²) >= 11 is 1.47. The molecule has 0 atom stereocenters. The van der Waals surface area contributed by atoms with Crippen molar-refractivity contribution >= 4 is 17.2 Å². The van der Waals surface area contributed by atoms with Gasteiger partial charge in [0.05, 0.1) is 17.2 Å². The molecule has 0 spiro atoms.